The Balaban J connectivity index is 1.84. The van der Waals surface area contributed by atoms with Gasteiger partial charge >= 0.3 is 0 Å². The van der Waals surface area contributed by atoms with E-state index in [1.54, 1.807) is 0 Å². The van der Waals surface area contributed by atoms with Crippen molar-refractivity contribution in [1.29, 1.82) is 0 Å². The molecule has 2 aliphatic carbocycles. The van der Waals surface area contributed by atoms with Gasteiger partial charge in [-0.25, -0.2) is 0 Å². The monoisotopic (exact) mass is 168 g/mol. The predicted molar refractivity (Wildman–Crippen MR) is 49.2 cm³/mol. The smallest absolute Gasteiger partial charge is 0.158 e. The second kappa shape index (κ2) is 3.11. The lowest BCUT2D eigenvalue weighted by Gasteiger charge is -2.17. The maximum Gasteiger partial charge on any atom is 0.158 e. The van der Waals surface area contributed by atoms with Crippen LogP contribution in [0.1, 0.15) is 12.8 Å². The van der Waals surface area contributed by atoms with Gasteiger partial charge in [-0.3, -0.25) is 0 Å². The molecule has 2 heteroatoms. The summed E-state index contributed by atoms with van der Waals surface area (Å²) < 4.78 is 5.58. The Labute approximate surface area is 70.8 Å². The molecule has 1 saturated carbocycles. The Hall–Kier alpha value is -0.0831. The zero-order valence-electron chi connectivity index (χ0n) is 7.12. The van der Waals surface area contributed by atoms with Crippen LogP contribution < -0.4 is 0 Å². The summed E-state index contributed by atoms with van der Waals surface area (Å²) in [5, 5.41) is 0. The molecule has 3 atom stereocenters. The maximum absolute atomic E-state index is 5.58. The van der Waals surface area contributed by atoms with Gasteiger partial charge in [0.2, 0.25) is 0 Å². The highest BCUT2D eigenvalue weighted by molar-refractivity contribution is 6.24. The van der Waals surface area contributed by atoms with Gasteiger partial charge in [0.05, 0.1) is 0 Å². The molecule has 0 aliphatic heterocycles. The van der Waals surface area contributed by atoms with E-state index in [2.05, 4.69) is 18.7 Å². The highest BCUT2D eigenvalue weighted by Crippen LogP contribution is 2.43. The quantitative estimate of drug-likeness (QED) is 0.456. The third-order valence-electron chi connectivity index (χ3n) is 2.95. The summed E-state index contributed by atoms with van der Waals surface area (Å²) in [4.78, 5) is 0. The summed E-state index contributed by atoms with van der Waals surface area (Å²) in [6.07, 6.45) is 7.61. The zero-order valence-corrected chi connectivity index (χ0v) is 8.54. The van der Waals surface area contributed by atoms with Gasteiger partial charge in [-0.1, -0.05) is 18.7 Å². The zero-order chi connectivity index (χ0) is 7.68. The van der Waals surface area contributed by atoms with Crippen molar-refractivity contribution in [2.75, 3.05) is 6.61 Å². The van der Waals surface area contributed by atoms with E-state index in [9.17, 15) is 0 Å². The largest absolute Gasteiger partial charge is 0.424 e. The molecule has 1 nitrogen and oxygen atoms in total. The van der Waals surface area contributed by atoms with Crippen LogP contribution in [0.4, 0.5) is 0 Å². The van der Waals surface area contributed by atoms with Crippen molar-refractivity contribution < 1.29 is 4.43 Å². The third kappa shape index (κ3) is 1.42. The normalized spacial score (nSPS) is 41.4. The van der Waals surface area contributed by atoms with Crippen LogP contribution >= 0.6 is 0 Å². The summed E-state index contributed by atoms with van der Waals surface area (Å²) in [5.74, 6) is 2.66. The molecule has 0 N–H and O–H groups in total. The SMILES string of the molecule is C[SiH2]OCC1CC2C=CC1C2. The maximum atomic E-state index is 5.58. The molecule has 0 amide bonds. The van der Waals surface area contributed by atoms with Crippen LogP contribution in [0.2, 0.25) is 6.55 Å². The summed E-state index contributed by atoms with van der Waals surface area (Å²) in [5.41, 5.74) is 0. The number of hydrogen-bond donors (Lipinski definition) is 0. The molecule has 2 rings (SSSR count). The van der Waals surface area contributed by atoms with Crippen LogP contribution in [0.15, 0.2) is 12.2 Å². The first-order valence-electron chi connectivity index (χ1n) is 4.66. The van der Waals surface area contributed by atoms with Crippen molar-refractivity contribution >= 4 is 9.76 Å². The first-order valence-corrected chi connectivity index (χ1v) is 6.65. The van der Waals surface area contributed by atoms with Crippen LogP contribution in [0.5, 0.6) is 0 Å². The molecule has 0 aromatic carbocycles. The van der Waals surface area contributed by atoms with Gasteiger partial charge in [0, 0.05) is 6.61 Å². The van der Waals surface area contributed by atoms with Gasteiger partial charge in [0.15, 0.2) is 9.76 Å². The number of hydrogen-bond acceptors (Lipinski definition) is 1. The second-order valence-corrected chi connectivity index (χ2v) is 4.69. The van der Waals surface area contributed by atoms with Crippen molar-refractivity contribution in [3.63, 3.8) is 0 Å². The third-order valence-corrected chi connectivity index (χ3v) is 3.60. The van der Waals surface area contributed by atoms with Crippen LogP contribution in [0, 0.1) is 17.8 Å². The highest BCUT2D eigenvalue weighted by atomic mass is 28.2. The van der Waals surface area contributed by atoms with Gasteiger partial charge in [-0.05, 0) is 30.6 Å². The van der Waals surface area contributed by atoms with Gasteiger partial charge < -0.3 is 4.43 Å². The van der Waals surface area contributed by atoms with E-state index < -0.39 is 0 Å². The van der Waals surface area contributed by atoms with Crippen LogP contribution in [-0.2, 0) is 4.43 Å². The first kappa shape index (κ1) is 7.56. The lowest BCUT2D eigenvalue weighted by atomic mass is 9.95. The molecule has 0 spiro atoms. The van der Waals surface area contributed by atoms with Crippen LogP contribution in [0.25, 0.3) is 0 Å². The fraction of sp³-hybridized carbons (Fsp3) is 0.778. The van der Waals surface area contributed by atoms with Crippen LogP contribution in [-0.4, -0.2) is 16.4 Å². The fourth-order valence-electron chi connectivity index (χ4n) is 2.36. The van der Waals surface area contributed by atoms with Gasteiger partial charge in [-0.2, -0.15) is 0 Å². The molecule has 0 aromatic heterocycles. The topological polar surface area (TPSA) is 9.23 Å². The molecular formula is C9H16OSi. The molecule has 3 unspecified atom stereocenters. The molecule has 0 radical (unpaired) electrons. The number of fused-ring (bicyclic) bond motifs is 2. The minimum atomic E-state index is -0.159. The Bertz CT molecular complexity index is 167. The second-order valence-electron chi connectivity index (χ2n) is 3.70. The first-order chi connectivity index (χ1) is 5.40. The molecule has 11 heavy (non-hydrogen) atoms. The van der Waals surface area contributed by atoms with E-state index >= 15 is 0 Å². The van der Waals surface area contributed by atoms with Crippen LogP contribution in [0.3, 0.4) is 0 Å². The van der Waals surface area contributed by atoms with Crippen molar-refractivity contribution in [2.45, 2.75) is 19.4 Å². The molecule has 2 aliphatic rings. The summed E-state index contributed by atoms with van der Waals surface area (Å²) in [6.45, 7) is 3.26. The molecule has 0 heterocycles. The summed E-state index contributed by atoms with van der Waals surface area (Å²) in [6, 6.07) is 0. The van der Waals surface area contributed by atoms with Gasteiger partial charge in [0.25, 0.3) is 0 Å². The number of rotatable bonds is 3. The molecule has 0 saturated heterocycles. The van der Waals surface area contributed by atoms with E-state index in [1.165, 1.54) is 12.8 Å². The van der Waals surface area contributed by atoms with Gasteiger partial charge in [0.1, 0.15) is 0 Å². The predicted octanol–water partition coefficient (Wildman–Crippen LogP) is 1.35. The van der Waals surface area contributed by atoms with E-state index in [0.717, 1.165) is 24.4 Å². The molecular weight excluding hydrogens is 152 g/mol. The van der Waals surface area contributed by atoms with Crippen molar-refractivity contribution in [2.24, 2.45) is 17.8 Å². The molecule has 0 aromatic rings. The van der Waals surface area contributed by atoms with E-state index in [-0.39, 0.29) is 9.76 Å². The van der Waals surface area contributed by atoms with Gasteiger partial charge in [-0.15, -0.1) is 0 Å². The highest BCUT2D eigenvalue weighted by Gasteiger charge is 2.35. The van der Waals surface area contributed by atoms with E-state index in [4.69, 9.17) is 4.43 Å². The number of allylic oxidation sites excluding steroid dienone is 2. The lowest BCUT2D eigenvalue weighted by Crippen LogP contribution is -2.14. The molecule has 1 fully saturated rings. The summed E-state index contributed by atoms with van der Waals surface area (Å²) >= 11 is 0. The minimum absolute atomic E-state index is 0.159. The Morgan fingerprint density at radius 3 is 2.91 bits per heavy atom. The van der Waals surface area contributed by atoms with E-state index in [0.29, 0.717) is 0 Å². The molecule has 2 bridgehead atoms. The summed E-state index contributed by atoms with van der Waals surface area (Å²) in [7, 11) is -0.159. The lowest BCUT2D eigenvalue weighted by molar-refractivity contribution is 0.238. The Morgan fingerprint density at radius 1 is 1.45 bits per heavy atom. The van der Waals surface area contributed by atoms with E-state index in [1.807, 2.05) is 0 Å². The average Bonchev–Trinajstić information content (AvgIpc) is 2.60. The fourth-order valence-corrected chi connectivity index (χ4v) is 2.89. The Morgan fingerprint density at radius 2 is 2.36 bits per heavy atom. The Kier molecular flexibility index (Phi) is 2.14. The van der Waals surface area contributed by atoms with Crippen molar-refractivity contribution in [1.82, 2.24) is 0 Å². The standard InChI is InChI=1S/C9H16OSi/c1-11-10-6-9-5-7-2-3-8(9)4-7/h2-3,7-9H,4-6,11H2,1H3. The minimum Gasteiger partial charge on any atom is -0.424 e. The molecule has 62 valence electrons. The van der Waals surface area contributed by atoms with Crippen molar-refractivity contribution in [3.05, 3.63) is 12.2 Å². The van der Waals surface area contributed by atoms with Crippen molar-refractivity contribution in [3.8, 4) is 0 Å². The average molecular weight is 168 g/mol.